The fourth-order valence-corrected chi connectivity index (χ4v) is 4.67. The van der Waals surface area contributed by atoms with E-state index in [0.29, 0.717) is 6.54 Å². The second-order valence-electron chi connectivity index (χ2n) is 6.50. The van der Waals surface area contributed by atoms with Crippen LogP contribution in [0.2, 0.25) is 0 Å². The molecule has 0 radical (unpaired) electrons. The number of hydrogen-bond donors (Lipinski definition) is 0. The minimum Gasteiger partial charge on any atom is -0.294 e. The quantitative estimate of drug-likeness (QED) is 0.714. The monoisotopic (exact) mass is 324 g/mol. The van der Waals surface area contributed by atoms with Gasteiger partial charge in [-0.25, -0.2) is 4.98 Å². The number of rotatable bonds is 2. The van der Waals surface area contributed by atoms with Crippen LogP contribution in [0.4, 0.5) is 0 Å². The molecule has 1 aliphatic carbocycles. The molecule has 118 valence electrons. The maximum absolute atomic E-state index is 13.0. The Morgan fingerprint density at radius 3 is 2.91 bits per heavy atom. The zero-order valence-electron chi connectivity index (χ0n) is 13.6. The van der Waals surface area contributed by atoms with E-state index in [1.165, 1.54) is 40.0 Å². The highest BCUT2D eigenvalue weighted by Gasteiger charge is 2.20. The van der Waals surface area contributed by atoms with Gasteiger partial charge in [-0.3, -0.25) is 9.36 Å². The summed E-state index contributed by atoms with van der Waals surface area (Å²) in [6.45, 7) is 4.78. The van der Waals surface area contributed by atoms with E-state index in [-0.39, 0.29) is 5.56 Å². The van der Waals surface area contributed by atoms with E-state index in [2.05, 4.69) is 37.0 Å². The molecule has 0 bridgehead atoms. The number of benzene rings is 1. The summed E-state index contributed by atoms with van der Waals surface area (Å²) in [7, 11) is 0. The summed E-state index contributed by atoms with van der Waals surface area (Å²) in [5.41, 5.74) is 5.02. The minimum atomic E-state index is 0.121. The summed E-state index contributed by atoms with van der Waals surface area (Å²) in [6, 6.07) is 6.39. The molecule has 1 aliphatic rings. The van der Waals surface area contributed by atoms with Gasteiger partial charge in [-0.2, -0.15) is 0 Å². The molecule has 0 saturated carbocycles. The number of nitrogens with zero attached hydrogens (tertiary/aromatic N) is 2. The Bertz CT molecular complexity index is 952. The van der Waals surface area contributed by atoms with Crippen LogP contribution in [0.5, 0.6) is 0 Å². The van der Waals surface area contributed by atoms with Crippen LogP contribution in [-0.2, 0) is 19.4 Å². The van der Waals surface area contributed by atoms with Gasteiger partial charge in [-0.05, 0) is 56.2 Å². The van der Waals surface area contributed by atoms with Gasteiger partial charge >= 0.3 is 0 Å². The van der Waals surface area contributed by atoms with Crippen molar-refractivity contribution >= 4 is 21.6 Å². The van der Waals surface area contributed by atoms with Crippen molar-refractivity contribution in [2.45, 2.75) is 46.1 Å². The second-order valence-corrected chi connectivity index (χ2v) is 7.58. The van der Waals surface area contributed by atoms with Crippen molar-refractivity contribution in [3.8, 4) is 0 Å². The summed E-state index contributed by atoms with van der Waals surface area (Å²) in [6.07, 6.45) is 6.27. The van der Waals surface area contributed by atoms with Gasteiger partial charge in [0, 0.05) is 4.88 Å². The summed E-state index contributed by atoms with van der Waals surface area (Å²) in [5.74, 6) is 0. The highest BCUT2D eigenvalue weighted by Crippen LogP contribution is 2.33. The molecule has 0 aliphatic heterocycles. The smallest absolute Gasteiger partial charge is 0.262 e. The van der Waals surface area contributed by atoms with Gasteiger partial charge in [-0.15, -0.1) is 11.3 Å². The molecule has 0 fully saturated rings. The molecule has 0 atom stereocenters. The Hall–Kier alpha value is -1.94. The van der Waals surface area contributed by atoms with Crippen molar-refractivity contribution in [2.24, 2.45) is 0 Å². The average Bonchev–Trinajstić information content (AvgIpc) is 2.92. The molecule has 4 heteroatoms. The fourth-order valence-electron chi connectivity index (χ4n) is 3.45. The fraction of sp³-hybridized carbons (Fsp3) is 0.368. The van der Waals surface area contributed by atoms with Crippen LogP contribution in [0, 0.1) is 13.8 Å². The van der Waals surface area contributed by atoms with Crippen molar-refractivity contribution in [3.05, 3.63) is 62.0 Å². The van der Waals surface area contributed by atoms with E-state index in [1.54, 1.807) is 22.2 Å². The van der Waals surface area contributed by atoms with Gasteiger partial charge in [0.2, 0.25) is 0 Å². The van der Waals surface area contributed by atoms with Crippen LogP contribution < -0.4 is 5.56 Å². The summed E-state index contributed by atoms with van der Waals surface area (Å²) >= 11 is 1.71. The number of fused-ring (bicyclic) bond motifs is 3. The van der Waals surface area contributed by atoms with Crippen LogP contribution >= 0.6 is 11.3 Å². The van der Waals surface area contributed by atoms with E-state index in [9.17, 15) is 4.79 Å². The third-order valence-corrected chi connectivity index (χ3v) is 5.99. The van der Waals surface area contributed by atoms with Crippen molar-refractivity contribution < 1.29 is 0 Å². The molecule has 23 heavy (non-hydrogen) atoms. The SMILES string of the molecule is Cc1ccc(C)c(Cn2cnc3sc4c(c3c2=O)CCCC4)c1. The maximum atomic E-state index is 13.0. The summed E-state index contributed by atoms with van der Waals surface area (Å²) < 4.78 is 1.77. The largest absolute Gasteiger partial charge is 0.294 e. The first-order valence-electron chi connectivity index (χ1n) is 8.19. The van der Waals surface area contributed by atoms with Gasteiger partial charge < -0.3 is 0 Å². The lowest BCUT2D eigenvalue weighted by atomic mass is 9.97. The molecule has 0 N–H and O–H groups in total. The minimum absolute atomic E-state index is 0.121. The highest BCUT2D eigenvalue weighted by atomic mass is 32.1. The summed E-state index contributed by atoms with van der Waals surface area (Å²) in [5, 5.41) is 0.873. The zero-order chi connectivity index (χ0) is 16.0. The van der Waals surface area contributed by atoms with E-state index >= 15 is 0 Å². The number of hydrogen-bond acceptors (Lipinski definition) is 3. The third-order valence-electron chi connectivity index (χ3n) is 4.79. The topological polar surface area (TPSA) is 34.9 Å². The van der Waals surface area contributed by atoms with Crippen molar-refractivity contribution in [2.75, 3.05) is 0 Å². The standard InChI is InChI=1S/C19H20N2OS/c1-12-7-8-13(2)14(9-12)10-21-11-20-18-17(19(21)22)15-5-3-4-6-16(15)23-18/h7-9,11H,3-6,10H2,1-2H3. The Morgan fingerprint density at radius 2 is 2.04 bits per heavy atom. The molecule has 2 heterocycles. The molecule has 2 aromatic heterocycles. The first-order valence-corrected chi connectivity index (χ1v) is 9.01. The van der Waals surface area contributed by atoms with E-state index in [1.807, 2.05) is 0 Å². The molecule has 4 rings (SSSR count). The van der Waals surface area contributed by atoms with Crippen LogP contribution in [0.1, 0.15) is 40.0 Å². The van der Waals surface area contributed by atoms with Gasteiger partial charge in [-0.1, -0.05) is 23.8 Å². The van der Waals surface area contributed by atoms with Crippen molar-refractivity contribution in [1.29, 1.82) is 0 Å². The number of aryl methyl sites for hydroxylation is 4. The van der Waals surface area contributed by atoms with Gasteiger partial charge in [0.15, 0.2) is 0 Å². The van der Waals surface area contributed by atoms with Gasteiger partial charge in [0.05, 0.1) is 18.3 Å². The normalized spacial score (nSPS) is 14.2. The van der Waals surface area contributed by atoms with Crippen molar-refractivity contribution in [3.63, 3.8) is 0 Å². The molecule has 3 aromatic rings. The predicted molar refractivity (Wildman–Crippen MR) is 95.5 cm³/mol. The van der Waals surface area contributed by atoms with E-state index in [0.717, 1.165) is 23.1 Å². The van der Waals surface area contributed by atoms with E-state index in [4.69, 9.17) is 0 Å². The molecule has 0 saturated heterocycles. The third kappa shape index (κ3) is 2.51. The predicted octanol–water partition coefficient (Wildman–Crippen LogP) is 4.00. The lowest BCUT2D eigenvalue weighted by Crippen LogP contribution is -2.22. The average molecular weight is 324 g/mol. The number of thiophene rings is 1. The van der Waals surface area contributed by atoms with E-state index < -0.39 is 0 Å². The molecule has 3 nitrogen and oxygen atoms in total. The van der Waals surface area contributed by atoms with Crippen LogP contribution in [0.15, 0.2) is 29.3 Å². The van der Waals surface area contributed by atoms with Crippen molar-refractivity contribution in [1.82, 2.24) is 9.55 Å². The van der Waals surface area contributed by atoms with Crippen LogP contribution in [0.25, 0.3) is 10.2 Å². The summed E-state index contributed by atoms with van der Waals surface area (Å²) in [4.78, 5) is 19.9. The Morgan fingerprint density at radius 1 is 1.22 bits per heavy atom. The molecular weight excluding hydrogens is 304 g/mol. The first kappa shape index (κ1) is 14.6. The van der Waals surface area contributed by atoms with Crippen LogP contribution in [0.3, 0.4) is 0 Å². The van der Waals surface area contributed by atoms with Gasteiger partial charge in [0.1, 0.15) is 4.83 Å². The zero-order valence-corrected chi connectivity index (χ0v) is 14.4. The Kier molecular flexibility index (Phi) is 3.57. The first-order chi connectivity index (χ1) is 11.1. The Balaban J connectivity index is 1.83. The highest BCUT2D eigenvalue weighted by molar-refractivity contribution is 7.18. The molecule has 0 unspecified atom stereocenters. The maximum Gasteiger partial charge on any atom is 0.262 e. The number of aromatic nitrogens is 2. The van der Waals surface area contributed by atoms with Crippen LogP contribution in [-0.4, -0.2) is 9.55 Å². The molecule has 1 aromatic carbocycles. The van der Waals surface area contributed by atoms with Gasteiger partial charge in [0.25, 0.3) is 5.56 Å². The molecular formula is C19H20N2OS. The lowest BCUT2D eigenvalue weighted by Gasteiger charge is -2.11. The molecule has 0 amide bonds. The lowest BCUT2D eigenvalue weighted by molar-refractivity contribution is 0.697. The second kappa shape index (κ2) is 5.60. The Labute approximate surface area is 139 Å². The molecule has 0 spiro atoms.